The predicted octanol–water partition coefficient (Wildman–Crippen LogP) is 1.09. The third-order valence-corrected chi connectivity index (χ3v) is 2.58. The van der Waals surface area contributed by atoms with Gasteiger partial charge in [-0.2, -0.15) is 0 Å². The van der Waals surface area contributed by atoms with Crippen molar-refractivity contribution in [1.82, 2.24) is 9.97 Å². The molecular weight excluding hydrogens is 178 g/mol. The van der Waals surface area contributed by atoms with Gasteiger partial charge in [0, 0.05) is 26.0 Å². The first-order valence-electron chi connectivity index (χ1n) is 4.93. The minimum atomic E-state index is 0.469. The standard InChI is InChI=1S/C10H15N3O/c1-14-8-9-3-2-6-13(9)10-7-11-4-5-12-10/h4-5,7,9H,2-3,6,8H2,1H3. The van der Waals surface area contributed by atoms with E-state index in [1.165, 1.54) is 12.8 Å². The average Bonchev–Trinajstić information content (AvgIpc) is 2.68. The second-order valence-corrected chi connectivity index (χ2v) is 3.51. The van der Waals surface area contributed by atoms with Crippen LogP contribution in [0.1, 0.15) is 12.8 Å². The van der Waals surface area contributed by atoms with Crippen LogP contribution in [0.15, 0.2) is 18.6 Å². The molecule has 1 atom stereocenters. The summed E-state index contributed by atoms with van der Waals surface area (Å²) >= 11 is 0. The van der Waals surface area contributed by atoms with Crippen molar-refractivity contribution in [2.45, 2.75) is 18.9 Å². The van der Waals surface area contributed by atoms with Crippen LogP contribution in [0.25, 0.3) is 0 Å². The maximum atomic E-state index is 5.19. The fourth-order valence-electron chi connectivity index (χ4n) is 1.94. The zero-order valence-electron chi connectivity index (χ0n) is 8.39. The van der Waals surface area contributed by atoms with Gasteiger partial charge >= 0.3 is 0 Å². The number of nitrogens with zero attached hydrogens (tertiary/aromatic N) is 3. The number of rotatable bonds is 3. The van der Waals surface area contributed by atoms with Crippen LogP contribution >= 0.6 is 0 Å². The van der Waals surface area contributed by atoms with Crippen LogP contribution in [0.3, 0.4) is 0 Å². The number of ether oxygens (including phenoxy) is 1. The van der Waals surface area contributed by atoms with Crippen molar-refractivity contribution in [1.29, 1.82) is 0 Å². The van der Waals surface area contributed by atoms with Gasteiger partial charge in [0.25, 0.3) is 0 Å². The first-order valence-corrected chi connectivity index (χ1v) is 4.93. The van der Waals surface area contributed by atoms with Gasteiger partial charge in [-0.15, -0.1) is 0 Å². The molecule has 0 bridgehead atoms. The first kappa shape index (κ1) is 9.40. The molecule has 76 valence electrons. The molecular formula is C10H15N3O. The molecule has 1 aromatic rings. The number of anilines is 1. The van der Waals surface area contributed by atoms with Gasteiger partial charge in [-0.05, 0) is 12.8 Å². The Morgan fingerprint density at radius 1 is 1.57 bits per heavy atom. The first-order chi connectivity index (χ1) is 6.92. The SMILES string of the molecule is COCC1CCCN1c1cnccn1. The summed E-state index contributed by atoms with van der Waals surface area (Å²) in [4.78, 5) is 10.7. The zero-order valence-corrected chi connectivity index (χ0v) is 8.39. The molecule has 1 saturated heterocycles. The van der Waals surface area contributed by atoms with Crippen LogP contribution in [0.4, 0.5) is 5.82 Å². The largest absolute Gasteiger partial charge is 0.383 e. The van der Waals surface area contributed by atoms with E-state index < -0.39 is 0 Å². The molecule has 14 heavy (non-hydrogen) atoms. The highest BCUT2D eigenvalue weighted by molar-refractivity contribution is 5.38. The molecule has 0 spiro atoms. The van der Waals surface area contributed by atoms with Crippen molar-refractivity contribution in [3.8, 4) is 0 Å². The number of hydrogen-bond donors (Lipinski definition) is 0. The van der Waals surface area contributed by atoms with Crippen LogP contribution in [-0.4, -0.2) is 36.3 Å². The Balaban J connectivity index is 2.10. The third-order valence-electron chi connectivity index (χ3n) is 2.58. The normalized spacial score (nSPS) is 21.5. The van der Waals surface area contributed by atoms with E-state index >= 15 is 0 Å². The van der Waals surface area contributed by atoms with Crippen LogP contribution in [0.5, 0.6) is 0 Å². The highest BCUT2D eigenvalue weighted by Crippen LogP contribution is 2.22. The average molecular weight is 193 g/mol. The number of hydrogen-bond acceptors (Lipinski definition) is 4. The Bertz CT molecular complexity index is 278. The molecule has 2 rings (SSSR count). The van der Waals surface area contributed by atoms with E-state index in [0.717, 1.165) is 19.0 Å². The van der Waals surface area contributed by atoms with Gasteiger partial charge in [-0.25, -0.2) is 4.98 Å². The van der Waals surface area contributed by atoms with Gasteiger partial charge < -0.3 is 9.64 Å². The third kappa shape index (κ3) is 1.85. The molecule has 4 nitrogen and oxygen atoms in total. The Hall–Kier alpha value is -1.16. The van der Waals surface area contributed by atoms with Crippen molar-refractivity contribution in [3.63, 3.8) is 0 Å². The maximum absolute atomic E-state index is 5.19. The lowest BCUT2D eigenvalue weighted by molar-refractivity contribution is 0.180. The molecule has 0 aliphatic carbocycles. The minimum Gasteiger partial charge on any atom is -0.383 e. The highest BCUT2D eigenvalue weighted by atomic mass is 16.5. The van der Waals surface area contributed by atoms with E-state index in [0.29, 0.717) is 6.04 Å². The van der Waals surface area contributed by atoms with E-state index in [2.05, 4.69) is 14.9 Å². The Morgan fingerprint density at radius 2 is 2.50 bits per heavy atom. The molecule has 4 heteroatoms. The smallest absolute Gasteiger partial charge is 0.147 e. The molecule has 0 aromatic carbocycles. The second-order valence-electron chi connectivity index (χ2n) is 3.51. The van der Waals surface area contributed by atoms with Gasteiger partial charge in [0.15, 0.2) is 0 Å². The summed E-state index contributed by atoms with van der Waals surface area (Å²) in [6.45, 7) is 1.84. The maximum Gasteiger partial charge on any atom is 0.147 e. The Kier molecular flexibility index (Phi) is 2.93. The Labute approximate surface area is 83.9 Å². The summed E-state index contributed by atoms with van der Waals surface area (Å²) in [5.74, 6) is 0.965. The van der Waals surface area contributed by atoms with Crippen LogP contribution in [0, 0.1) is 0 Å². The highest BCUT2D eigenvalue weighted by Gasteiger charge is 2.25. The van der Waals surface area contributed by atoms with Crippen LogP contribution < -0.4 is 4.90 Å². The molecule has 0 radical (unpaired) electrons. The topological polar surface area (TPSA) is 38.2 Å². The van der Waals surface area contributed by atoms with Gasteiger partial charge in [0.05, 0.1) is 18.8 Å². The monoisotopic (exact) mass is 193 g/mol. The summed E-state index contributed by atoms with van der Waals surface area (Å²) in [6.07, 6.45) is 7.64. The molecule has 2 heterocycles. The van der Waals surface area contributed by atoms with Gasteiger partial charge in [-0.3, -0.25) is 4.98 Å². The molecule has 1 aromatic heterocycles. The molecule has 0 saturated carbocycles. The summed E-state index contributed by atoms with van der Waals surface area (Å²) < 4.78 is 5.19. The molecule has 1 unspecified atom stereocenters. The van der Waals surface area contributed by atoms with Crippen molar-refractivity contribution in [2.75, 3.05) is 25.2 Å². The second kappa shape index (κ2) is 4.37. The quantitative estimate of drug-likeness (QED) is 0.720. The van der Waals surface area contributed by atoms with E-state index in [1.54, 1.807) is 19.5 Å². The minimum absolute atomic E-state index is 0.469. The molecule has 1 fully saturated rings. The van der Waals surface area contributed by atoms with Crippen molar-refractivity contribution in [2.24, 2.45) is 0 Å². The van der Waals surface area contributed by atoms with E-state index in [9.17, 15) is 0 Å². The molecule has 1 aliphatic heterocycles. The summed E-state index contributed by atoms with van der Waals surface area (Å²) in [7, 11) is 1.74. The molecule has 1 aliphatic rings. The molecule has 0 N–H and O–H groups in total. The predicted molar refractivity (Wildman–Crippen MR) is 54.3 cm³/mol. The van der Waals surface area contributed by atoms with E-state index in [1.807, 2.05) is 6.20 Å². The van der Waals surface area contributed by atoms with Crippen LogP contribution in [0.2, 0.25) is 0 Å². The molecule has 0 amide bonds. The summed E-state index contributed by atoms with van der Waals surface area (Å²) in [5, 5.41) is 0. The van der Waals surface area contributed by atoms with Gasteiger partial charge in [0.2, 0.25) is 0 Å². The summed E-state index contributed by atoms with van der Waals surface area (Å²) in [5.41, 5.74) is 0. The lowest BCUT2D eigenvalue weighted by Crippen LogP contribution is -2.33. The van der Waals surface area contributed by atoms with Crippen molar-refractivity contribution < 1.29 is 4.74 Å². The summed E-state index contributed by atoms with van der Waals surface area (Å²) in [6, 6.07) is 0.469. The number of aromatic nitrogens is 2. The lowest BCUT2D eigenvalue weighted by Gasteiger charge is -2.24. The van der Waals surface area contributed by atoms with Crippen molar-refractivity contribution in [3.05, 3.63) is 18.6 Å². The van der Waals surface area contributed by atoms with E-state index in [4.69, 9.17) is 4.74 Å². The van der Waals surface area contributed by atoms with Gasteiger partial charge in [0.1, 0.15) is 5.82 Å². The van der Waals surface area contributed by atoms with E-state index in [-0.39, 0.29) is 0 Å². The lowest BCUT2D eigenvalue weighted by atomic mass is 10.2. The fraction of sp³-hybridized carbons (Fsp3) is 0.600. The van der Waals surface area contributed by atoms with Gasteiger partial charge in [-0.1, -0.05) is 0 Å². The van der Waals surface area contributed by atoms with Crippen molar-refractivity contribution >= 4 is 5.82 Å². The van der Waals surface area contributed by atoms with Crippen LogP contribution in [-0.2, 0) is 4.74 Å². The fourth-order valence-corrected chi connectivity index (χ4v) is 1.94. The number of methoxy groups -OCH3 is 1. The Morgan fingerprint density at radius 3 is 3.21 bits per heavy atom. The zero-order chi connectivity index (χ0) is 9.80.